The van der Waals surface area contributed by atoms with E-state index in [1.165, 1.54) is 23.1 Å². The van der Waals surface area contributed by atoms with Gasteiger partial charge in [-0.05, 0) is 30.0 Å². The lowest BCUT2D eigenvalue weighted by Crippen LogP contribution is -2.28. The van der Waals surface area contributed by atoms with Gasteiger partial charge >= 0.3 is 0 Å². The topological polar surface area (TPSA) is 70.1 Å². The third kappa shape index (κ3) is 2.38. The Morgan fingerprint density at radius 3 is 2.90 bits per heavy atom. The minimum Gasteiger partial charge on any atom is -0.497 e. The number of nitrogen functional groups attached to an aromatic ring is 1. The molecule has 0 unspecified atom stereocenters. The minimum atomic E-state index is -0.219. The molecule has 1 aromatic carbocycles. The van der Waals surface area contributed by atoms with Crippen LogP contribution < -0.4 is 16.1 Å². The summed E-state index contributed by atoms with van der Waals surface area (Å²) in [5.74, 6) is 6.54. The van der Waals surface area contributed by atoms with Crippen molar-refractivity contribution in [2.24, 2.45) is 0 Å². The van der Waals surface area contributed by atoms with Crippen molar-refractivity contribution >= 4 is 33.3 Å². The van der Waals surface area contributed by atoms with Crippen LogP contribution in [0.2, 0.25) is 0 Å². The van der Waals surface area contributed by atoms with Crippen LogP contribution in [-0.2, 0) is 0 Å². The number of thiophene rings is 1. The fourth-order valence-electron chi connectivity index (χ4n) is 2.03. The average molecular weight is 319 g/mol. The Morgan fingerprint density at radius 1 is 1.38 bits per heavy atom. The number of nitrogens with zero attached hydrogens (tertiary/aromatic N) is 2. The molecule has 0 saturated heterocycles. The van der Waals surface area contributed by atoms with Crippen LogP contribution in [0, 0.1) is 0 Å². The van der Waals surface area contributed by atoms with Crippen LogP contribution in [0.5, 0.6) is 5.75 Å². The number of ether oxygens (including phenoxy) is 1. The second kappa shape index (κ2) is 5.42. The van der Waals surface area contributed by atoms with E-state index in [2.05, 4.69) is 4.98 Å². The molecule has 7 heteroatoms. The molecule has 0 saturated carbocycles. The summed E-state index contributed by atoms with van der Waals surface area (Å²) >= 11 is 2.74. The summed E-state index contributed by atoms with van der Waals surface area (Å²) in [6, 6.07) is 9.62. The van der Waals surface area contributed by atoms with Crippen molar-refractivity contribution in [2.45, 2.75) is 5.16 Å². The first-order chi connectivity index (χ1) is 10.1. The molecule has 21 heavy (non-hydrogen) atoms. The molecule has 2 heterocycles. The maximum Gasteiger partial charge on any atom is 0.290 e. The van der Waals surface area contributed by atoms with Crippen LogP contribution in [0.1, 0.15) is 0 Å². The lowest BCUT2D eigenvalue weighted by molar-refractivity contribution is 0.415. The molecule has 0 aliphatic rings. The van der Waals surface area contributed by atoms with Gasteiger partial charge in [-0.25, -0.2) is 9.66 Å². The Kier molecular flexibility index (Phi) is 3.60. The van der Waals surface area contributed by atoms with Gasteiger partial charge in [-0.15, -0.1) is 11.3 Å². The third-order valence-electron chi connectivity index (χ3n) is 3.08. The predicted octanol–water partition coefficient (Wildman–Crippen LogP) is 2.57. The van der Waals surface area contributed by atoms with Gasteiger partial charge in [-0.1, -0.05) is 23.9 Å². The normalized spacial score (nSPS) is 11.0. The first-order valence-corrected chi connectivity index (χ1v) is 8.18. The van der Waals surface area contributed by atoms with Gasteiger partial charge in [0.15, 0.2) is 5.16 Å². The van der Waals surface area contributed by atoms with Crippen LogP contribution in [0.4, 0.5) is 0 Å². The van der Waals surface area contributed by atoms with E-state index in [0.29, 0.717) is 15.4 Å². The second-order valence-corrected chi connectivity index (χ2v) is 6.16. The van der Waals surface area contributed by atoms with Crippen LogP contribution in [-0.4, -0.2) is 23.0 Å². The molecular formula is C14H13N3O2S2. The summed E-state index contributed by atoms with van der Waals surface area (Å²) in [6.45, 7) is 0. The zero-order valence-electron chi connectivity index (χ0n) is 11.5. The summed E-state index contributed by atoms with van der Waals surface area (Å²) in [4.78, 5) is 17.6. The lowest BCUT2D eigenvalue weighted by Gasteiger charge is -2.02. The second-order valence-electron chi connectivity index (χ2n) is 4.33. The highest BCUT2D eigenvalue weighted by Crippen LogP contribution is 2.33. The van der Waals surface area contributed by atoms with Gasteiger partial charge in [0, 0.05) is 4.88 Å². The van der Waals surface area contributed by atoms with Gasteiger partial charge in [-0.3, -0.25) is 4.79 Å². The molecule has 3 rings (SSSR count). The van der Waals surface area contributed by atoms with E-state index in [1.807, 2.05) is 36.6 Å². The van der Waals surface area contributed by atoms with Crippen LogP contribution in [0.15, 0.2) is 40.3 Å². The molecule has 108 valence electrons. The third-order valence-corrected chi connectivity index (χ3v) is 4.90. The molecule has 0 amide bonds. The number of hydrogen-bond acceptors (Lipinski definition) is 6. The number of thioether (sulfide) groups is 1. The van der Waals surface area contributed by atoms with E-state index in [-0.39, 0.29) is 5.56 Å². The summed E-state index contributed by atoms with van der Waals surface area (Å²) < 4.78 is 6.89. The number of nitrogens with two attached hydrogens (primary N) is 1. The maximum atomic E-state index is 12.2. The molecule has 0 fully saturated rings. The average Bonchev–Trinajstić information content (AvgIpc) is 2.95. The molecular weight excluding hydrogens is 306 g/mol. The minimum absolute atomic E-state index is 0.219. The largest absolute Gasteiger partial charge is 0.497 e. The van der Waals surface area contributed by atoms with Crippen LogP contribution in [0.25, 0.3) is 20.7 Å². The number of fused-ring (bicyclic) bond motifs is 1. The van der Waals surface area contributed by atoms with Gasteiger partial charge in [0.05, 0.1) is 12.6 Å². The monoisotopic (exact) mass is 319 g/mol. The molecule has 0 atom stereocenters. The number of aromatic nitrogens is 2. The lowest BCUT2D eigenvalue weighted by atomic mass is 10.2. The Morgan fingerprint density at radius 2 is 2.19 bits per heavy atom. The Balaban J connectivity index is 2.21. The first kappa shape index (κ1) is 14.0. The fraction of sp³-hybridized carbons (Fsp3) is 0.143. The van der Waals surface area contributed by atoms with Gasteiger partial charge in [-0.2, -0.15) is 0 Å². The summed E-state index contributed by atoms with van der Waals surface area (Å²) in [5, 5.41) is 0.502. The molecule has 2 aromatic heterocycles. The van der Waals surface area contributed by atoms with Gasteiger partial charge in [0.1, 0.15) is 10.4 Å². The fourth-order valence-corrected chi connectivity index (χ4v) is 3.53. The smallest absolute Gasteiger partial charge is 0.290 e. The molecule has 0 radical (unpaired) electrons. The van der Waals surface area contributed by atoms with E-state index in [4.69, 9.17) is 10.6 Å². The van der Waals surface area contributed by atoms with Gasteiger partial charge < -0.3 is 10.6 Å². The Bertz CT molecular complexity index is 870. The number of benzene rings is 1. The van der Waals surface area contributed by atoms with E-state index < -0.39 is 0 Å². The molecule has 0 aliphatic heterocycles. The van der Waals surface area contributed by atoms with Crippen LogP contribution >= 0.6 is 23.1 Å². The van der Waals surface area contributed by atoms with Crippen molar-refractivity contribution < 1.29 is 4.74 Å². The van der Waals surface area contributed by atoms with Crippen molar-refractivity contribution in [3.8, 4) is 16.2 Å². The van der Waals surface area contributed by atoms with Crippen molar-refractivity contribution in [1.82, 2.24) is 9.66 Å². The van der Waals surface area contributed by atoms with E-state index >= 15 is 0 Å². The summed E-state index contributed by atoms with van der Waals surface area (Å²) in [7, 11) is 1.63. The molecule has 0 spiro atoms. The predicted molar refractivity (Wildman–Crippen MR) is 87.8 cm³/mol. The number of methoxy groups -OCH3 is 1. The van der Waals surface area contributed by atoms with E-state index in [1.54, 1.807) is 7.11 Å². The molecule has 3 aromatic rings. The molecule has 0 bridgehead atoms. The molecule has 2 N–H and O–H groups in total. The van der Waals surface area contributed by atoms with E-state index in [9.17, 15) is 4.79 Å². The Labute approximate surface area is 129 Å². The maximum absolute atomic E-state index is 12.2. The standard InChI is InChI=1S/C14H13N3O2S2/c1-19-9-5-3-4-8(6-9)11-7-10-12(21-11)13(18)17(15)14(16-10)20-2/h3-7H,15H2,1-2H3. The van der Waals surface area contributed by atoms with Crippen LogP contribution in [0.3, 0.4) is 0 Å². The van der Waals surface area contributed by atoms with Crippen molar-refractivity contribution in [1.29, 1.82) is 0 Å². The number of rotatable bonds is 3. The first-order valence-electron chi connectivity index (χ1n) is 6.14. The van der Waals surface area contributed by atoms with Crippen molar-refractivity contribution in [3.05, 3.63) is 40.7 Å². The van der Waals surface area contributed by atoms with Crippen molar-refractivity contribution in [2.75, 3.05) is 19.2 Å². The number of hydrogen-bond donors (Lipinski definition) is 1. The van der Waals surface area contributed by atoms with E-state index in [0.717, 1.165) is 20.9 Å². The SMILES string of the molecule is COc1cccc(-c2cc3nc(SC)n(N)c(=O)c3s2)c1. The van der Waals surface area contributed by atoms with Gasteiger partial charge in [0.25, 0.3) is 5.56 Å². The molecule has 5 nitrogen and oxygen atoms in total. The quantitative estimate of drug-likeness (QED) is 0.456. The summed E-state index contributed by atoms with van der Waals surface area (Å²) in [5.41, 5.74) is 1.45. The highest BCUT2D eigenvalue weighted by Gasteiger charge is 2.13. The Hall–Kier alpha value is -1.99. The highest BCUT2D eigenvalue weighted by molar-refractivity contribution is 7.98. The molecule has 0 aliphatic carbocycles. The van der Waals surface area contributed by atoms with Gasteiger partial charge in [0.2, 0.25) is 0 Å². The highest BCUT2D eigenvalue weighted by atomic mass is 32.2. The zero-order valence-corrected chi connectivity index (χ0v) is 13.1. The van der Waals surface area contributed by atoms with Crippen molar-refractivity contribution in [3.63, 3.8) is 0 Å². The zero-order chi connectivity index (χ0) is 15.0. The summed E-state index contributed by atoms with van der Waals surface area (Å²) in [6.07, 6.45) is 1.84.